The van der Waals surface area contributed by atoms with E-state index in [4.69, 9.17) is 21.1 Å². The molecule has 0 unspecified atom stereocenters. The summed E-state index contributed by atoms with van der Waals surface area (Å²) in [4.78, 5) is 39.3. The van der Waals surface area contributed by atoms with Gasteiger partial charge in [0.15, 0.2) is 11.5 Å². The molecule has 0 radical (unpaired) electrons. The monoisotopic (exact) mass is 457 g/mol. The average Bonchev–Trinajstić information content (AvgIpc) is 2.93. The zero-order chi connectivity index (χ0) is 22.9. The number of urea groups is 1. The molecule has 0 saturated carbocycles. The quantitative estimate of drug-likeness (QED) is 0.672. The van der Waals surface area contributed by atoms with Gasteiger partial charge in [-0.2, -0.15) is 0 Å². The first-order valence-electron chi connectivity index (χ1n) is 10.4. The molecule has 4 rings (SSSR count). The summed E-state index contributed by atoms with van der Waals surface area (Å²) in [6.45, 7) is 4.08. The van der Waals surface area contributed by atoms with Crippen molar-refractivity contribution in [2.45, 2.75) is 31.8 Å². The molecule has 8 nitrogen and oxygen atoms in total. The van der Waals surface area contributed by atoms with Crippen LogP contribution in [0.1, 0.15) is 37.4 Å². The summed E-state index contributed by atoms with van der Waals surface area (Å²) in [5.41, 5.74) is 0.0519. The van der Waals surface area contributed by atoms with Crippen molar-refractivity contribution in [1.82, 2.24) is 15.5 Å². The van der Waals surface area contributed by atoms with Crippen molar-refractivity contribution >= 4 is 29.4 Å². The van der Waals surface area contributed by atoms with Gasteiger partial charge in [-0.15, -0.1) is 0 Å². The fourth-order valence-electron chi connectivity index (χ4n) is 3.80. The summed E-state index contributed by atoms with van der Waals surface area (Å²) in [7, 11) is 0. The van der Waals surface area contributed by atoms with Crippen LogP contribution in [-0.4, -0.2) is 42.5 Å². The highest BCUT2D eigenvalue weighted by Crippen LogP contribution is 2.36. The third-order valence-electron chi connectivity index (χ3n) is 5.63. The number of benzene rings is 2. The second-order valence-corrected chi connectivity index (χ2v) is 8.44. The molecule has 2 aromatic carbocycles. The summed E-state index contributed by atoms with van der Waals surface area (Å²) in [5.74, 6) is 0.152. The number of hydrogen-bond donors (Lipinski definition) is 2. The Bertz CT molecular complexity index is 1080. The second kappa shape index (κ2) is 8.70. The van der Waals surface area contributed by atoms with Gasteiger partial charge in [0, 0.05) is 11.4 Å². The summed E-state index contributed by atoms with van der Waals surface area (Å²) in [6, 6.07) is 11.3. The molecule has 1 saturated heterocycles. The zero-order valence-electron chi connectivity index (χ0n) is 17.8. The Balaban J connectivity index is 1.47. The first-order valence-corrected chi connectivity index (χ1v) is 10.7. The third-order valence-corrected chi connectivity index (χ3v) is 5.86. The molecule has 0 bridgehead atoms. The summed E-state index contributed by atoms with van der Waals surface area (Å²) >= 11 is 6.01. The third kappa shape index (κ3) is 4.23. The lowest BCUT2D eigenvalue weighted by Gasteiger charge is -2.23. The Morgan fingerprint density at radius 2 is 1.94 bits per heavy atom. The Labute approximate surface area is 190 Å². The van der Waals surface area contributed by atoms with E-state index in [2.05, 4.69) is 10.6 Å². The van der Waals surface area contributed by atoms with Gasteiger partial charge in [0.2, 0.25) is 5.91 Å². The Morgan fingerprint density at radius 3 is 2.69 bits per heavy atom. The van der Waals surface area contributed by atoms with Crippen molar-refractivity contribution in [3.05, 3.63) is 58.6 Å². The number of ether oxygens (including phenoxy) is 2. The van der Waals surface area contributed by atoms with E-state index in [1.54, 1.807) is 50.2 Å². The Morgan fingerprint density at radius 1 is 1.19 bits per heavy atom. The maximum atomic E-state index is 13.2. The van der Waals surface area contributed by atoms with Crippen molar-refractivity contribution in [1.29, 1.82) is 0 Å². The summed E-state index contributed by atoms with van der Waals surface area (Å²) < 4.78 is 11.3. The van der Waals surface area contributed by atoms with Gasteiger partial charge in [-0.3, -0.25) is 14.5 Å². The number of nitrogens with one attached hydrogen (secondary N) is 2. The van der Waals surface area contributed by atoms with Crippen molar-refractivity contribution in [3.8, 4) is 11.5 Å². The van der Waals surface area contributed by atoms with E-state index < -0.39 is 29.9 Å². The van der Waals surface area contributed by atoms with Crippen LogP contribution in [0.15, 0.2) is 42.5 Å². The number of imide groups is 1. The molecule has 2 atom stereocenters. The van der Waals surface area contributed by atoms with Crippen LogP contribution >= 0.6 is 11.6 Å². The molecule has 2 heterocycles. The maximum absolute atomic E-state index is 13.2. The highest BCUT2D eigenvalue weighted by atomic mass is 35.5. The summed E-state index contributed by atoms with van der Waals surface area (Å²) in [6.07, 6.45) is 0.757. The standard InChI is InChI=1S/C23H24ClN3O5/c1-14(15-5-3-6-17(24)11-15)25-20(28)13-27-21(29)23(2,26-22(27)30)16-7-8-18-19(12-16)32-10-4-9-31-18/h3,5-8,11-12,14H,4,9-10,13H2,1-2H3,(H,25,28)(H,26,30)/t14-,23-/m0/s1. The second-order valence-electron chi connectivity index (χ2n) is 8.00. The van der Waals surface area contributed by atoms with E-state index in [1.165, 1.54) is 0 Å². The fourth-order valence-corrected chi connectivity index (χ4v) is 4.00. The molecule has 9 heteroatoms. The van der Waals surface area contributed by atoms with Crippen LogP contribution in [0.3, 0.4) is 0 Å². The average molecular weight is 458 g/mol. The van der Waals surface area contributed by atoms with Gasteiger partial charge >= 0.3 is 6.03 Å². The largest absolute Gasteiger partial charge is 0.490 e. The van der Waals surface area contributed by atoms with Crippen LogP contribution in [0.5, 0.6) is 11.5 Å². The van der Waals surface area contributed by atoms with Crippen molar-refractivity contribution in [2.75, 3.05) is 19.8 Å². The predicted molar refractivity (Wildman–Crippen MR) is 118 cm³/mol. The van der Waals surface area contributed by atoms with Crippen molar-refractivity contribution in [2.24, 2.45) is 0 Å². The number of hydrogen-bond acceptors (Lipinski definition) is 5. The lowest BCUT2D eigenvalue weighted by Crippen LogP contribution is -2.43. The van der Waals surface area contributed by atoms with E-state index in [9.17, 15) is 14.4 Å². The van der Waals surface area contributed by atoms with E-state index >= 15 is 0 Å². The van der Waals surface area contributed by atoms with Crippen LogP contribution in [0.4, 0.5) is 4.79 Å². The smallest absolute Gasteiger partial charge is 0.325 e. The number of halogens is 1. The molecule has 0 aromatic heterocycles. The molecular weight excluding hydrogens is 434 g/mol. The molecule has 32 heavy (non-hydrogen) atoms. The van der Waals surface area contributed by atoms with Gasteiger partial charge in [0.1, 0.15) is 12.1 Å². The lowest BCUT2D eigenvalue weighted by atomic mass is 9.91. The van der Waals surface area contributed by atoms with Gasteiger partial charge in [-0.1, -0.05) is 29.8 Å². The number of rotatable bonds is 5. The van der Waals surface area contributed by atoms with Crippen LogP contribution in [-0.2, 0) is 15.1 Å². The molecule has 168 valence electrons. The summed E-state index contributed by atoms with van der Waals surface area (Å²) in [5, 5.41) is 6.07. The predicted octanol–water partition coefficient (Wildman–Crippen LogP) is 3.15. The SMILES string of the molecule is C[C@H](NC(=O)CN1C(=O)N[C@@](C)(c2ccc3c(c2)OCCCO3)C1=O)c1cccc(Cl)c1. The van der Waals surface area contributed by atoms with Crippen molar-refractivity contribution < 1.29 is 23.9 Å². The molecule has 1 fully saturated rings. The number of nitrogens with zero attached hydrogens (tertiary/aromatic N) is 1. The topological polar surface area (TPSA) is 97.0 Å². The number of amides is 4. The van der Waals surface area contributed by atoms with E-state index in [-0.39, 0.29) is 6.04 Å². The molecule has 2 aliphatic rings. The van der Waals surface area contributed by atoms with E-state index in [0.717, 1.165) is 16.9 Å². The molecule has 4 amide bonds. The van der Waals surface area contributed by atoms with Crippen LogP contribution in [0.25, 0.3) is 0 Å². The highest BCUT2D eigenvalue weighted by molar-refractivity contribution is 6.30. The highest BCUT2D eigenvalue weighted by Gasteiger charge is 2.49. The van der Waals surface area contributed by atoms with Crippen LogP contribution < -0.4 is 20.1 Å². The van der Waals surface area contributed by atoms with E-state index in [1.807, 2.05) is 6.07 Å². The number of carbonyl (C=O) groups is 3. The van der Waals surface area contributed by atoms with Crippen LogP contribution in [0, 0.1) is 0 Å². The Kier molecular flexibility index (Phi) is 5.97. The molecule has 2 aromatic rings. The normalized spacial score (nSPS) is 21.0. The van der Waals surface area contributed by atoms with Crippen molar-refractivity contribution in [3.63, 3.8) is 0 Å². The maximum Gasteiger partial charge on any atom is 0.325 e. The molecule has 2 aliphatic heterocycles. The van der Waals surface area contributed by atoms with Crippen LogP contribution in [0.2, 0.25) is 5.02 Å². The van der Waals surface area contributed by atoms with Gasteiger partial charge in [0.05, 0.1) is 19.3 Å². The van der Waals surface area contributed by atoms with Gasteiger partial charge in [-0.25, -0.2) is 4.79 Å². The Hall–Kier alpha value is -3.26. The first kappa shape index (κ1) is 22.0. The molecular formula is C23H24ClN3O5. The lowest BCUT2D eigenvalue weighted by molar-refractivity contribution is -0.135. The molecule has 0 spiro atoms. The minimum Gasteiger partial charge on any atom is -0.490 e. The van der Waals surface area contributed by atoms with Gasteiger partial charge in [0.25, 0.3) is 5.91 Å². The van der Waals surface area contributed by atoms with Gasteiger partial charge in [-0.05, 0) is 49.2 Å². The minimum absolute atomic E-state index is 0.338. The van der Waals surface area contributed by atoms with E-state index in [0.29, 0.717) is 35.3 Å². The first-order chi connectivity index (χ1) is 15.3. The molecule has 2 N–H and O–H groups in total. The zero-order valence-corrected chi connectivity index (χ0v) is 18.6. The number of carbonyl (C=O) groups excluding carboxylic acids is 3. The number of fused-ring (bicyclic) bond motifs is 1. The minimum atomic E-state index is -1.32. The fraction of sp³-hybridized carbons (Fsp3) is 0.348. The van der Waals surface area contributed by atoms with Gasteiger partial charge < -0.3 is 20.1 Å². The molecule has 0 aliphatic carbocycles.